The van der Waals surface area contributed by atoms with Gasteiger partial charge >= 0.3 is 5.97 Å². The van der Waals surface area contributed by atoms with Gasteiger partial charge in [0.1, 0.15) is 6.04 Å². The Labute approximate surface area is 110 Å². The van der Waals surface area contributed by atoms with Crippen molar-refractivity contribution < 1.29 is 23.9 Å². The van der Waals surface area contributed by atoms with Crippen molar-refractivity contribution in [1.29, 1.82) is 0 Å². The highest BCUT2D eigenvalue weighted by atomic mass is 16.4. The lowest BCUT2D eigenvalue weighted by molar-refractivity contribution is -0.141. The standard InChI is InChI=1S/C12H16N2O5/c1-3-8(12(17)18)13-10(15)7-14(2)11(16)9-5-4-6-19-9/h4-6,8H,3,7H2,1-2H3,(H,13,15)(H,17,18)/t8-/m0/s1. The average molecular weight is 268 g/mol. The van der Waals surface area contributed by atoms with E-state index in [0.717, 1.165) is 4.90 Å². The van der Waals surface area contributed by atoms with E-state index in [-0.39, 0.29) is 18.7 Å². The highest BCUT2D eigenvalue weighted by Gasteiger charge is 2.21. The number of likely N-dealkylation sites (N-methyl/N-ethyl adjacent to an activating group) is 1. The van der Waals surface area contributed by atoms with E-state index >= 15 is 0 Å². The van der Waals surface area contributed by atoms with E-state index in [4.69, 9.17) is 9.52 Å². The minimum Gasteiger partial charge on any atom is -0.480 e. The molecule has 0 bridgehead atoms. The summed E-state index contributed by atoms with van der Waals surface area (Å²) in [5.74, 6) is -1.95. The van der Waals surface area contributed by atoms with Gasteiger partial charge in [0.05, 0.1) is 12.8 Å². The third kappa shape index (κ3) is 4.13. The first-order valence-electron chi connectivity index (χ1n) is 5.76. The molecule has 0 spiro atoms. The minimum absolute atomic E-state index is 0.126. The number of nitrogens with one attached hydrogen (secondary N) is 1. The van der Waals surface area contributed by atoms with Gasteiger partial charge in [-0.1, -0.05) is 6.92 Å². The van der Waals surface area contributed by atoms with Crippen LogP contribution in [-0.2, 0) is 9.59 Å². The molecule has 7 heteroatoms. The van der Waals surface area contributed by atoms with Crippen LogP contribution in [0.25, 0.3) is 0 Å². The monoisotopic (exact) mass is 268 g/mol. The van der Waals surface area contributed by atoms with Crippen LogP contribution in [0.1, 0.15) is 23.9 Å². The lowest BCUT2D eigenvalue weighted by atomic mass is 10.2. The molecule has 0 saturated heterocycles. The molecule has 1 heterocycles. The van der Waals surface area contributed by atoms with Crippen molar-refractivity contribution in [2.75, 3.05) is 13.6 Å². The topological polar surface area (TPSA) is 99.9 Å². The van der Waals surface area contributed by atoms with Crippen molar-refractivity contribution in [3.05, 3.63) is 24.2 Å². The molecule has 0 fully saturated rings. The molecule has 104 valence electrons. The molecule has 1 aromatic rings. The van der Waals surface area contributed by atoms with Gasteiger partial charge in [-0.25, -0.2) is 4.79 Å². The Kier molecular flexibility index (Phi) is 5.11. The van der Waals surface area contributed by atoms with E-state index in [0.29, 0.717) is 0 Å². The summed E-state index contributed by atoms with van der Waals surface area (Å²) in [6, 6.07) is 2.11. The molecule has 0 aliphatic rings. The van der Waals surface area contributed by atoms with Crippen LogP contribution in [0.5, 0.6) is 0 Å². The number of carbonyl (C=O) groups is 3. The van der Waals surface area contributed by atoms with E-state index in [9.17, 15) is 14.4 Å². The zero-order valence-corrected chi connectivity index (χ0v) is 10.8. The van der Waals surface area contributed by atoms with E-state index < -0.39 is 23.8 Å². The van der Waals surface area contributed by atoms with Crippen LogP contribution in [0.4, 0.5) is 0 Å². The van der Waals surface area contributed by atoms with E-state index in [1.807, 2.05) is 0 Å². The van der Waals surface area contributed by atoms with Gasteiger partial charge in [-0.3, -0.25) is 9.59 Å². The number of hydrogen-bond acceptors (Lipinski definition) is 4. The fraction of sp³-hybridized carbons (Fsp3) is 0.417. The summed E-state index contributed by atoms with van der Waals surface area (Å²) in [5, 5.41) is 11.1. The Morgan fingerprint density at radius 2 is 2.16 bits per heavy atom. The van der Waals surface area contributed by atoms with E-state index in [1.54, 1.807) is 13.0 Å². The third-order valence-electron chi connectivity index (χ3n) is 2.50. The number of nitrogens with zero attached hydrogens (tertiary/aromatic N) is 1. The second-order valence-corrected chi connectivity index (χ2v) is 4.01. The molecule has 1 rings (SSSR count). The molecule has 0 aromatic carbocycles. The zero-order chi connectivity index (χ0) is 14.4. The molecular formula is C12H16N2O5. The molecule has 2 N–H and O–H groups in total. The average Bonchev–Trinajstić information content (AvgIpc) is 2.88. The molecule has 0 aliphatic heterocycles. The van der Waals surface area contributed by atoms with Gasteiger partial charge in [0, 0.05) is 7.05 Å². The fourth-order valence-corrected chi connectivity index (χ4v) is 1.45. The van der Waals surface area contributed by atoms with Crippen molar-refractivity contribution in [1.82, 2.24) is 10.2 Å². The lowest BCUT2D eigenvalue weighted by Crippen LogP contribution is -2.45. The zero-order valence-electron chi connectivity index (χ0n) is 10.8. The summed E-state index contributed by atoms with van der Waals surface area (Å²) in [6.45, 7) is 1.42. The van der Waals surface area contributed by atoms with Crippen molar-refractivity contribution in [2.45, 2.75) is 19.4 Å². The second kappa shape index (κ2) is 6.58. The number of furan rings is 1. The van der Waals surface area contributed by atoms with Crippen LogP contribution >= 0.6 is 0 Å². The summed E-state index contributed by atoms with van der Waals surface area (Å²) in [4.78, 5) is 35.3. The lowest BCUT2D eigenvalue weighted by Gasteiger charge is -2.17. The summed E-state index contributed by atoms with van der Waals surface area (Å²) in [6.07, 6.45) is 1.63. The third-order valence-corrected chi connectivity index (χ3v) is 2.50. The van der Waals surface area contributed by atoms with E-state index in [1.165, 1.54) is 19.4 Å². The van der Waals surface area contributed by atoms with Crippen LogP contribution in [-0.4, -0.2) is 47.4 Å². The number of rotatable bonds is 6. The first-order chi connectivity index (χ1) is 8.95. The van der Waals surface area contributed by atoms with Crippen LogP contribution in [0, 0.1) is 0 Å². The predicted octanol–water partition coefficient (Wildman–Crippen LogP) is 0.331. The molecule has 1 aromatic heterocycles. The molecule has 0 saturated carbocycles. The maximum atomic E-state index is 11.8. The molecule has 0 aliphatic carbocycles. The molecule has 0 unspecified atom stereocenters. The van der Waals surface area contributed by atoms with Gasteiger partial charge in [0.2, 0.25) is 5.91 Å². The van der Waals surface area contributed by atoms with Crippen LogP contribution in [0.15, 0.2) is 22.8 Å². The predicted molar refractivity (Wildman–Crippen MR) is 65.5 cm³/mol. The Hall–Kier alpha value is -2.31. The van der Waals surface area contributed by atoms with Gasteiger partial charge in [-0.15, -0.1) is 0 Å². The van der Waals surface area contributed by atoms with Crippen molar-refractivity contribution in [3.8, 4) is 0 Å². The first-order valence-corrected chi connectivity index (χ1v) is 5.76. The van der Waals surface area contributed by atoms with Crippen molar-refractivity contribution in [2.24, 2.45) is 0 Å². The largest absolute Gasteiger partial charge is 0.480 e. The Balaban J connectivity index is 2.52. The van der Waals surface area contributed by atoms with Gasteiger partial charge < -0.3 is 19.7 Å². The maximum absolute atomic E-state index is 11.8. The summed E-state index contributed by atoms with van der Waals surface area (Å²) in [7, 11) is 1.44. The van der Waals surface area contributed by atoms with Gasteiger partial charge in [0.15, 0.2) is 5.76 Å². The Morgan fingerprint density at radius 1 is 1.47 bits per heavy atom. The van der Waals surface area contributed by atoms with Crippen LogP contribution in [0.2, 0.25) is 0 Å². The van der Waals surface area contributed by atoms with Crippen molar-refractivity contribution in [3.63, 3.8) is 0 Å². The number of carbonyl (C=O) groups excluding carboxylic acids is 2. The van der Waals surface area contributed by atoms with Crippen molar-refractivity contribution >= 4 is 17.8 Å². The Morgan fingerprint density at radius 3 is 2.63 bits per heavy atom. The molecule has 19 heavy (non-hydrogen) atoms. The van der Waals surface area contributed by atoms with Gasteiger partial charge in [0.25, 0.3) is 5.91 Å². The number of carboxylic acid groups (broad SMARTS) is 1. The van der Waals surface area contributed by atoms with Gasteiger partial charge in [-0.05, 0) is 18.6 Å². The van der Waals surface area contributed by atoms with Gasteiger partial charge in [-0.2, -0.15) is 0 Å². The van der Waals surface area contributed by atoms with E-state index in [2.05, 4.69) is 5.32 Å². The fourth-order valence-electron chi connectivity index (χ4n) is 1.45. The molecule has 0 radical (unpaired) electrons. The normalized spacial score (nSPS) is 11.7. The quantitative estimate of drug-likeness (QED) is 0.774. The first kappa shape index (κ1) is 14.7. The highest BCUT2D eigenvalue weighted by Crippen LogP contribution is 2.03. The molecule has 2 amide bonds. The number of aliphatic carboxylic acids is 1. The highest BCUT2D eigenvalue weighted by molar-refractivity contribution is 5.94. The Bertz CT molecular complexity index is 455. The summed E-state index contributed by atoms with van der Waals surface area (Å²) >= 11 is 0. The smallest absolute Gasteiger partial charge is 0.326 e. The minimum atomic E-state index is -1.10. The van der Waals surface area contributed by atoms with Crippen LogP contribution < -0.4 is 5.32 Å². The van der Waals surface area contributed by atoms with Crippen LogP contribution in [0.3, 0.4) is 0 Å². The SMILES string of the molecule is CC[C@H](NC(=O)CN(C)C(=O)c1ccco1)C(=O)O. The molecule has 1 atom stereocenters. The maximum Gasteiger partial charge on any atom is 0.326 e. The number of amides is 2. The summed E-state index contributed by atoms with van der Waals surface area (Å²) in [5.41, 5.74) is 0. The molecular weight excluding hydrogens is 252 g/mol. The second-order valence-electron chi connectivity index (χ2n) is 4.01. The number of carboxylic acids is 1. The number of hydrogen-bond donors (Lipinski definition) is 2. The molecule has 7 nitrogen and oxygen atoms in total. The summed E-state index contributed by atoms with van der Waals surface area (Å²) < 4.78 is 4.92.